The maximum absolute atomic E-state index is 13.2. The van der Waals surface area contributed by atoms with Crippen LogP contribution in [0, 0.1) is 11.6 Å². The molecule has 0 spiro atoms. The van der Waals surface area contributed by atoms with Crippen molar-refractivity contribution in [2.45, 2.75) is 0 Å². The van der Waals surface area contributed by atoms with Crippen LogP contribution in [0.4, 0.5) is 8.78 Å². The lowest BCUT2D eigenvalue weighted by molar-refractivity contribution is 0.405. The fraction of sp³-hybridized carbons (Fsp3) is 0. The summed E-state index contributed by atoms with van der Waals surface area (Å²) in [7, 11) is 0. The van der Waals surface area contributed by atoms with Crippen molar-refractivity contribution in [3.63, 3.8) is 0 Å². The monoisotopic (exact) mass is 285 g/mol. The first-order valence-corrected chi connectivity index (χ1v) is 5.20. The quantitative estimate of drug-likeness (QED) is 0.781. The molecule has 0 bridgehead atoms. The smallest absolute Gasteiger partial charge is 0.220 e. The molecule has 2 aromatic rings. The molecule has 0 aliphatic heterocycles. The van der Waals surface area contributed by atoms with Crippen LogP contribution in [-0.2, 0) is 0 Å². The third-order valence-electron chi connectivity index (χ3n) is 1.82. The molecule has 1 aromatic carbocycles. The van der Waals surface area contributed by atoms with Gasteiger partial charge in [0.2, 0.25) is 11.7 Å². The molecule has 1 heterocycles. The Morgan fingerprint density at radius 2 is 1.81 bits per heavy atom. The molecular formula is C11H6BrF2NO. The van der Waals surface area contributed by atoms with Crippen LogP contribution in [0.5, 0.6) is 11.6 Å². The van der Waals surface area contributed by atoms with E-state index in [4.69, 9.17) is 4.74 Å². The highest BCUT2D eigenvalue weighted by Gasteiger charge is 2.10. The van der Waals surface area contributed by atoms with E-state index in [2.05, 4.69) is 20.9 Å². The number of hydrogen-bond donors (Lipinski definition) is 0. The molecule has 0 unspecified atom stereocenters. The van der Waals surface area contributed by atoms with E-state index in [0.29, 0.717) is 4.60 Å². The van der Waals surface area contributed by atoms with E-state index in [1.165, 1.54) is 12.1 Å². The second kappa shape index (κ2) is 4.57. The molecular weight excluding hydrogens is 280 g/mol. The standard InChI is InChI=1S/C11H6BrF2NO/c12-9-5-2-6-10(15-9)16-8-4-1-3-7(13)11(8)14/h1-6H. The number of hydrogen-bond acceptors (Lipinski definition) is 2. The van der Waals surface area contributed by atoms with Crippen molar-refractivity contribution in [3.05, 3.63) is 52.6 Å². The van der Waals surface area contributed by atoms with Gasteiger partial charge in [0, 0.05) is 6.07 Å². The van der Waals surface area contributed by atoms with Gasteiger partial charge in [-0.3, -0.25) is 0 Å². The van der Waals surface area contributed by atoms with Gasteiger partial charge in [-0.05, 0) is 34.1 Å². The van der Waals surface area contributed by atoms with Crippen LogP contribution in [0.3, 0.4) is 0 Å². The highest BCUT2D eigenvalue weighted by Crippen LogP contribution is 2.25. The van der Waals surface area contributed by atoms with E-state index < -0.39 is 11.6 Å². The predicted octanol–water partition coefficient (Wildman–Crippen LogP) is 3.91. The minimum Gasteiger partial charge on any atom is -0.436 e. The van der Waals surface area contributed by atoms with Gasteiger partial charge in [-0.25, -0.2) is 9.37 Å². The van der Waals surface area contributed by atoms with Gasteiger partial charge in [0.1, 0.15) is 4.60 Å². The summed E-state index contributed by atoms with van der Waals surface area (Å²) in [5, 5.41) is 0. The lowest BCUT2D eigenvalue weighted by atomic mass is 10.3. The van der Waals surface area contributed by atoms with Gasteiger partial charge in [-0.2, -0.15) is 4.39 Å². The summed E-state index contributed by atoms with van der Waals surface area (Å²) in [6, 6.07) is 8.66. The van der Waals surface area contributed by atoms with Crippen LogP contribution in [0.1, 0.15) is 0 Å². The zero-order valence-electron chi connectivity index (χ0n) is 7.95. The van der Waals surface area contributed by atoms with E-state index in [-0.39, 0.29) is 11.6 Å². The molecule has 0 saturated heterocycles. The summed E-state index contributed by atoms with van der Waals surface area (Å²) in [5.74, 6) is -1.97. The van der Waals surface area contributed by atoms with Crippen LogP contribution < -0.4 is 4.74 Å². The fourth-order valence-electron chi connectivity index (χ4n) is 1.12. The van der Waals surface area contributed by atoms with E-state index in [0.717, 1.165) is 6.07 Å². The highest BCUT2D eigenvalue weighted by molar-refractivity contribution is 9.10. The Hall–Kier alpha value is -1.49. The second-order valence-corrected chi connectivity index (χ2v) is 3.77. The van der Waals surface area contributed by atoms with Gasteiger partial charge in [0.25, 0.3) is 0 Å². The maximum Gasteiger partial charge on any atom is 0.220 e. The first kappa shape index (κ1) is 11.0. The van der Waals surface area contributed by atoms with Crippen LogP contribution in [0.2, 0.25) is 0 Å². The fourth-order valence-corrected chi connectivity index (χ4v) is 1.45. The molecule has 2 nitrogen and oxygen atoms in total. The summed E-state index contributed by atoms with van der Waals surface area (Å²) in [4.78, 5) is 3.94. The topological polar surface area (TPSA) is 22.1 Å². The molecule has 0 radical (unpaired) electrons. The Bertz CT molecular complexity index is 519. The van der Waals surface area contributed by atoms with Crippen molar-refractivity contribution in [2.75, 3.05) is 0 Å². The maximum atomic E-state index is 13.2. The zero-order valence-corrected chi connectivity index (χ0v) is 9.54. The Kier molecular flexibility index (Phi) is 3.14. The average Bonchev–Trinajstić information content (AvgIpc) is 2.25. The molecule has 0 fully saturated rings. The van der Waals surface area contributed by atoms with Crippen LogP contribution >= 0.6 is 15.9 Å². The van der Waals surface area contributed by atoms with Crippen molar-refractivity contribution in [1.29, 1.82) is 0 Å². The van der Waals surface area contributed by atoms with Crippen LogP contribution in [0.15, 0.2) is 41.0 Å². The first-order chi connectivity index (χ1) is 7.66. The predicted molar refractivity (Wildman–Crippen MR) is 58.4 cm³/mol. The first-order valence-electron chi connectivity index (χ1n) is 4.41. The molecule has 82 valence electrons. The summed E-state index contributed by atoms with van der Waals surface area (Å²) in [6.45, 7) is 0. The number of nitrogens with zero attached hydrogens (tertiary/aromatic N) is 1. The van der Waals surface area contributed by atoms with Gasteiger partial charge in [-0.15, -0.1) is 0 Å². The molecule has 0 saturated carbocycles. The highest BCUT2D eigenvalue weighted by atomic mass is 79.9. The third-order valence-corrected chi connectivity index (χ3v) is 2.26. The van der Waals surface area contributed by atoms with Crippen molar-refractivity contribution >= 4 is 15.9 Å². The Morgan fingerprint density at radius 3 is 2.56 bits per heavy atom. The Morgan fingerprint density at radius 1 is 1.06 bits per heavy atom. The Labute approximate surface area is 99.0 Å². The molecule has 2 rings (SSSR count). The van der Waals surface area contributed by atoms with Gasteiger partial charge in [0.15, 0.2) is 11.6 Å². The van der Waals surface area contributed by atoms with E-state index in [1.54, 1.807) is 18.2 Å². The Balaban J connectivity index is 2.31. The SMILES string of the molecule is Fc1cccc(Oc2cccc(Br)n2)c1F. The van der Waals surface area contributed by atoms with E-state index in [1.807, 2.05) is 0 Å². The molecule has 16 heavy (non-hydrogen) atoms. The van der Waals surface area contributed by atoms with E-state index in [9.17, 15) is 8.78 Å². The normalized spacial score (nSPS) is 10.2. The molecule has 0 atom stereocenters. The molecule has 0 aliphatic rings. The van der Waals surface area contributed by atoms with Gasteiger partial charge >= 0.3 is 0 Å². The molecule has 1 aromatic heterocycles. The summed E-state index contributed by atoms with van der Waals surface area (Å²) < 4.78 is 31.8. The van der Waals surface area contributed by atoms with Crippen LogP contribution in [0.25, 0.3) is 0 Å². The number of ether oxygens (including phenoxy) is 1. The molecule has 0 amide bonds. The van der Waals surface area contributed by atoms with Crippen molar-refractivity contribution < 1.29 is 13.5 Å². The van der Waals surface area contributed by atoms with Gasteiger partial charge in [0.05, 0.1) is 0 Å². The second-order valence-electron chi connectivity index (χ2n) is 2.95. The third kappa shape index (κ3) is 2.36. The average molecular weight is 286 g/mol. The minimum absolute atomic E-state index is 0.189. The lowest BCUT2D eigenvalue weighted by Gasteiger charge is -2.05. The van der Waals surface area contributed by atoms with Crippen molar-refractivity contribution in [1.82, 2.24) is 4.98 Å². The summed E-state index contributed by atoms with van der Waals surface area (Å²) in [5.41, 5.74) is 0. The summed E-state index contributed by atoms with van der Waals surface area (Å²) in [6.07, 6.45) is 0. The number of pyridine rings is 1. The number of benzene rings is 1. The lowest BCUT2D eigenvalue weighted by Crippen LogP contribution is -1.93. The number of halogens is 3. The van der Waals surface area contributed by atoms with Gasteiger partial charge in [-0.1, -0.05) is 12.1 Å². The van der Waals surface area contributed by atoms with E-state index >= 15 is 0 Å². The summed E-state index contributed by atoms with van der Waals surface area (Å²) >= 11 is 3.15. The zero-order chi connectivity index (χ0) is 11.5. The van der Waals surface area contributed by atoms with Crippen LogP contribution in [-0.4, -0.2) is 4.98 Å². The molecule has 0 aliphatic carbocycles. The molecule has 0 N–H and O–H groups in total. The van der Waals surface area contributed by atoms with Crippen molar-refractivity contribution in [3.8, 4) is 11.6 Å². The largest absolute Gasteiger partial charge is 0.436 e. The number of rotatable bonds is 2. The van der Waals surface area contributed by atoms with Crippen molar-refractivity contribution in [2.24, 2.45) is 0 Å². The van der Waals surface area contributed by atoms with Gasteiger partial charge < -0.3 is 4.74 Å². The number of aromatic nitrogens is 1. The minimum atomic E-state index is -1.02. The molecule has 5 heteroatoms.